The Balaban J connectivity index is 2.25. The Kier molecular flexibility index (Phi) is 6.21. The third kappa shape index (κ3) is 5.81. The van der Waals surface area contributed by atoms with Crippen LogP contribution in [-0.4, -0.2) is 40.5 Å². The number of ether oxygens (including phenoxy) is 1. The second-order valence-corrected chi connectivity index (χ2v) is 5.88. The molecule has 0 aliphatic heterocycles. The minimum Gasteiger partial charge on any atom is -0.484 e. The summed E-state index contributed by atoms with van der Waals surface area (Å²) >= 11 is 5.68. The van der Waals surface area contributed by atoms with Gasteiger partial charge in [0.1, 0.15) is 16.5 Å². The SMILES string of the molecule is CN(Cc1ccc(Cl)nc1)C(=O)c1cc(OCC(F)(F)F)ccc1[N+](=O)[O-]. The quantitative estimate of drug-likeness (QED) is 0.415. The van der Waals surface area contributed by atoms with Gasteiger partial charge in [0.25, 0.3) is 11.6 Å². The smallest absolute Gasteiger partial charge is 0.422 e. The Morgan fingerprint density at radius 2 is 2.04 bits per heavy atom. The van der Waals surface area contributed by atoms with Crippen molar-refractivity contribution in [1.82, 2.24) is 9.88 Å². The van der Waals surface area contributed by atoms with Crippen LogP contribution in [0.15, 0.2) is 36.5 Å². The summed E-state index contributed by atoms with van der Waals surface area (Å²) in [6, 6.07) is 5.99. The van der Waals surface area contributed by atoms with E-state index in [2.05, 4.69) is 9.72 Å². The minimum absolute atomic E-state index is 0.0633. The first-order valence-corrected chi connectivity index (χ1v) is 7.78. The molecule has 144 valence electrons. The van der Waals surface area contributed by atoms with Gasteiger partial charge in [-0.05, 0) is 23.8 Å². The van der Waals surface area contributed by atoms with Crippen molar-refractivity contribution < 1.29 is 27.6 Å². The summed E-state index contributed by atoms with van der Waals surface area (Å²) in [5.41, 5.74) is -0.313. The van der Waals surface area contributed by atoms with E-state index in [1.165, 1.54) is 24.2 Å². The van der Waals surface area contributed by atoms with Crippen LogP contribution in [0.5, 0.6) is 5.75 Å². The highest BCUT2D eigenvalue weighted by Crippen LogP contribution is 2.27. The summed E-state index contributed by atoms with van der Waals surface area (Å²) < 4.78 is 41.4. The average Bonchev–Trinajstić information content (AvgIpc) is 2.60. The zero-order valence-corrected chi connectivity index (χ0v) is 14.6. The average molecular weight is 404 g/mol. The van der Waals surface area contributed by atoms with Crippen molar-refractivity contribution >= 4 is 23.2 Å². The van der Waals surface area contributed by atoms with E-state index in [1.807, 2.05) is 0 Å². The van der Waals surface area contributed by atoms with Crippen LogP contribution >= 0.6 is 11.6 Å². The molecule has 7 nitrogen and oxygen atoms in total. The third-order valence-electron chi connectivity index (χ3n) is 3.35. The summed E-state index contributed by atoms with van der Waals surface area (Å²) in [6.07, 6.45) is -3.15. The van der Waals surface area contributed by atoms with Gasteiger partial charge >= 0.3 is 6.18 Å². The number of nitro groups is 1. The van der Waals surface area contributed by atoms with Crippen LogP contribution in [0.3, 0.4) is 0 Å². The highest BCUT2D eigenvalue weighted by molar-refractivity contribution is 6.29. The zero-order chi connectivity index (χ0) is 20.2. The van der Waals surface area contributed by atoms with Gasteiger partial charge in [0.05, 0.1) is 4.92 Å². The maximum Gasteiger partial charge on any atom is 0.422 e. The normalized spacial score (nSPS) is 11.1. The van der Waals surface area contributed by atoms with E-state index in [0.717, 1.165) is 18.2 Å². The maximum atomic E-state index is 12.6. The summed E-state index contributed by atoms with van der Waals surface area (Å²) in [5.74, 6) is -1.06. The van der Waals surface area contributed by atoms with Crippen molar-refractivity contribution in [2.75, 3.05) is 13.7 Å². The first-order chi connectivity index (χ1) is 12.6. The minimum atomic E-state index is -4.58. The van der Waals surface area contributed by atoms with Crippen LogP contribution in [0, 0.1) is 10.1 Å². The molecule has 1 aromatic carbocycles. The monoisotopic (exact) mass is 403 g/mol. The molecule has 2 rings (SSSR count). The number of hydrogen-bond acceptors (Lipinski definition) is 5. The van der Waals surface area contributed by atoms with E-state index in [0.29, 0.717) is 5.56 Å². The van der Waals surface area contributed by atoms with Crippen LogP contribution in [0.2, 0.25) is 5.15 Å². The summed E-state index contributed by atoms with van der Waals surface area (Å²) in [5, 5.41) is 11.4. The van der Waals surface area contributed by atoms with Crippen molar-refractivity contribution in [2.45, 2.75) is 12.7 Å². The predicted molar refractivity (Wildman–Crippen MR) is 89.7 cm³/mol. The van der Waals surface area contributed by atoms with Gasteiger partial charge in [-0.1, -0.05) is 17.7 Å². The second kappa shape index (κ2) is 8.21. The fourth-order valence-corrected chi connectivity index (χ4v) is 2.26. The van der Waals surface area contributed by atoms with E-state index in [9.17, 15) is 28.1 Å². The first kappa shape index (κ1) is 20.4. The fraction of sp³-hybridized carbons (Fsp3) is 0.250. The van der Waals surface area contributed by atoms with Gasteiger partial charge < -0.3 is 9.64 Å². The summed E-state index contributed by atoms with van der Waals surface area (Å²) in [6.45, 7) is -1.52. The zero-order valence-electron chi connectivity index (χ0n) is 13.9. The van der Waals surface area contributed by atoms with Crippen LogP contribution in [0.1, 0.15) is 15.9 Å². The number of pyridine rings is 1. The number of rotatable bonds is 6. The lowest BCUT2D eigenvalue weighted by Crippen LogP contribution is -2.27. The molecule has 2 aromatic rings. The number of amides is 1. The molecule has 0 spiro atoms. The van der Waals surface area contributed by atoms with Gasteiger partial charge in [0, 0.05) is 25.9 Å². The molecule has 0 saturated heterocycles. The molecule has 1 aromatic heterocycles. The standard InChI is InChI=1S/C16H13ClF3N3O4/c1-22(8-10-2-5-14(17)21-7-10)15(24)12-6-11(27-9-16(18,19)20)3-4-13(12)23(25)26/h2-7H,8-9H2,1H3. The predicted octanol–water partition coefficient (Wildman–Crippen LogP) is 3.86. The third-order valence-corrected chi connectivity index (χ3v) is 3.58. The van der Waals surface area contributed by atoms with Crippen molar-refractivity contribution in [3.8, 4) is 5.75 Å². The van der Waals surface area contributed by atoms with E-state index < -0.39 is 29.3 Å². The molecule has 1 amide bonds. The number of carbonyl (C=O) groups is 1. The second-order valence-electron chi connectivity index (χ2n) is 5.49. The number of benzene rings is 1. The molecule has 0 bridgehead atoms. The van der Waals surface area contributed by atoms with Crippen molar-refractivity contribution in [3.63, 3.8) is 0 Å². The number of carbonyl (C=O) groups excluding carboxylic acids is 1. The van der Waals surface area contributed by atoms with E-state index in [-0.39, 0.29) is 23.0 Å². The van der Waals surface area contributed by atoms with Gasteiger partial charge in [0.15, 0.2) is 6.61 Å². The molecule has 0 radical (unpaired) electrons. The van der Waals surface area contributed by atoms with Gasteiger partial charge in [-0.15, -0.1) is 0 Å². The van der Waals surface area contributed by atoms with E-state index >= 15 is 0 Å². The molecule has 0 aliphatic rings. The van der Waals surface area contributed by atoms with Crippen molar-refractivity contribution in [2.24, 2.45) is 0 Å². The molecule has 1 heterocycles. The molecule has 11 heteroatoms. The van der Waals surface area contributed by atoms with Crippen LogP contribution in [0.4, 0.5) is 18.9 Å². The summed E-state index contributed by atoms with van der Waals surface area (Å²) in [4.78, 5) is 28.0. The molecule has 0 fully saturated rings. The van der Waals surface area contributed by atoms with Crippen LogP contribution in [-0.2, 0) is 6.54 Å². The molecular weight excluding hydrogens is 391 g/mol. The number of aromatic nitrogens is 1. The molecule has 0 aliphatic carbocycles. The molecule has 27 heavy (non-hydrogen) atoms. The Bertz CT molecular complexity index is 844. The number of nitro benzene ring substituents is 1. The maximum absolute atomic E-state index is 12.6. The van der Waals surface area contributed by atoms with Gasteiger partial charge in [-0.25, -0.2) is 4.98 Å². The molecular formula is C16H13ClF3N3O4. The molecule has 0 atom stereocenters. The Morgan fingerprint density at radius 1 is 1.33 bits per heavy atom. The Morgan fingerprint density at radius 3 is 2.59 bits per heavy atom. The number of halogens is 4. The summed E-state index contributed by atoms with van der Waals surface area (Å²) in [7, 11) is 1.39. The number of nitrogens with zero attached hydrogens (tertiary/aromatic N) is 3. The Hall–Kier alpha value is -2.88. The van der Waals surface area contributed by atoms with Crippen molar-refractivity contribution in [1.29, 1.82) is 0 Å². The van der Waals surface area contributed by atoms with Gasteiger partial charge in [-0.2, -0.15) is 13.2 Å². The largest absolute Gasteiger partial charge is 0.484 e. The molecule has 0 N–H and O–H groups in total. The highest BCUT2D eigenvalue weighted by Gasteiger charge is 2.29. The Labute approximate surface area is 156 Å². The fourth-order valence-electron chi connectivity index (χ4n) is 2.15. The number of alkyl halides is 3. The van der Waals surface area contributed by atoms with Crippen LogP contribution in [0.25, 0.3) is 0 Å². The number of hydrogen-bond donors (Lipinski definition) is 0. The van der Waals surface area contributed by atoms with E-state index in [1.54, 1.807) is 6.07 Å². The highest BCUT2D eigenvalue weighted by atomic mass is 35.5. The molecule has 0 unspecified atom stereocenters. The lowest BCUT2D eigenvalue weighted by molar-refractivity contribution is -0.385. The van der Waals surface area contributed by atoms with Crippen LogP contribution < -0.4 is 4.74 Å². The lowest BCUT2D eigenvalue weighted by atomic mass is 10.1. The lowest BCUT2D eigenvalue weighted by Gasteiger charge is -2.18. The van der Waals surface area contributed by atoms with E-state index in [4.69, 9.17) is 11.6 Å². The van der Waals surface area contributed by atoms with Crippen molar-refractivity contribution in [3.05, 3.63) is 62.9 Å². The van der Waals surface area contributed by atoms with Gasteiger partial charge in [-0.3, -0.25) is 14.9 Å². The molecule has 0 saturated carbocycles. The topological polar surface area (TPSA) is 85.6 Å². The van der Waals surface area contributed by atoms with Gasteiger partial charge in [0.2, 0.25) is 0 Å². The first-order valence-electron chi connectivity index (χ1n) is 7.40.